The Balaban J connectivity index is 4.26. The van der Waals surface area contributed by atoms with Crippen molar-refractivity contribution in [2.45, 2.75) is 53.3 Å². The Morgan fingerprint density at radius 1 is 1.40 bits per heavy atom. The molecule has 0 rings (SSSR count). The molecule has 0 amide bonds. The average molecular weight is 213 g/mol. The van der Waals surface area contributed by atoms with Gasteiger partial charge in [0.2, 0.25) is 0 Å². The maximum atomic E-state index is 11.2. The predicted molar refractivity (Wildman–Crippen MR) is 62.5 cm³/mol. The van der Waals surface area contributed by atoms with Crippen LogP contribution in [0.2, 0.25) is 0 Å². The summed E-state index contributed by atoms with van der Waals surface area (Å²) in [6.07, 6.45) is 4.03. The number of ether oxygens (including phenoxy) is 1. The maximum absolute atomic E-state index is 11.2. The molecule has 0 saturated heterocycles. The molecule has 0 radical (unpaired) electrons. The van der Waals surface area contributed by atoms with Crippen LogP contribution in [0.25, 0.3) is 0 Å². The fourth-order valence-corrected chi connectivity index (χ4v) is 1.57. The second-order valence-corrected chi connectivity index (χ2v) is 3.62. The zero-order valence-electron chi connectivity index (χ0n) is 10.5. The van der Waals surface area contributed by atoms with Crippen LogP contribution in [0.15, 0.2) is 12.2 Å². The van der Waals surface area contributed by atoms with Crippen LogP contribution in [-0.2, 0) is 9.53 Å². The zero-order valence-corrected chi connectivity index (χ0v) is 10.5. The third-order valence-corrected chi connectivity index (χ3v) is 2.58. The van der Waals surface area contributed by atoms with Crippen LogP contribution < -0.4 is 0 Å². The largest absolute Gasteiger partial charge is 0.443 e. The summed E-state index contributed by atoms with van der Waals surface area (Å²) in [6, 6.07) is 0.434. The van der Waals surface area contributed by atoms with Crippen molar-refractivity contribution in [2.75, 3.05) is 6.54 Å². The second-order valence-electron chi connectivity index (χ2n) is 3.62. The van der Waals surface area contributed by atoms with E-state index in [-0.39, 0.29) is 12.2 Å². The molecule has 0 saturated carbocycles. The van der Waals surface area contributed by atoms with Gasteiger partial charge in [0.15, 0.2) is 6.23 Å². The van der Waals surface area contributed by atoms with Gasteiger partial charge in [0, 0.05) is 12.1 Å². The van der Waals surface area contributed by atoms with Crippen LogP contribution in [0.4, 0.5) is 0 Å². The van der Waals surface area contributed by atoms with Gasteiger partial charge < -0.3 is 4.74 Å². The van der Waals surface area contributed by atoms with Crippen molar-refractivity contribution in [3.8, 4) is 0 Å². The van der Waals surface area contributed by atoms with Crippen molar-refractivity contribution >= 4 is 5.97 Å². The molecule has 0 aromatic carbocycles. The number of carbonyl (C=O) groups excluding carboxylic acids is 1. The third-order valence-electron chi connectivity index (χ3n) is 2.58. The molecule has 88 valence electrons. The highest BCUT2D eigenvalue weighted by Gasteiger charge is 2.19. The molecule has 0 bridgehead atoms. The molecular formula is C12H23NO2. The summed E-state index contributed by atoms with van der Waals surface area (Å²) in [5, 5.41) is 0. The molecule has 3 heteroatoms. The lowest BCUT2D eigenvalue weighted by molar-refractivity contribution is -0.153. The first kappa shape index (κ1) is 14.2. The molecular weight excluding hydrogens is 190 g/mol. The Hall–Kier alpha value is -0.830. The number of allylic oxidation sites excluding steroid dienone is 1. The molecule has 15 heavy (non-hydrogen) atoms. The van der Waals surface area contributed by atoms with Crippen molar-refractivity contribution in [1.29, 1.82) is 0 Å². The minimum absolute atomic E-state index is 0.159. The van der Waals surface area contributed by atoms with Crippen molar-refractivity contribution in [3.05, 3.63) is 12.2 Å². The van der Waals surface area contributed by atoms with Gasteiger partial charge in [-0.15, -0.1) is 0 Å². The molecule has 0 aromatic heterocycles. The van der Waals surface area contributed by atoms with Crippen LogP contribution in [0, 0.1) is 0 Å². The van der Waals surface area contributed by atoms with Crippen molar-refractivity contribution in [2.24, 2.45) is 0 Å². The summed E-state index contributed by atoms with van der Waals surface area (Å²) in [6.45, 7) is 11.0. The number of rotatable bonds is 6. The van der Waals surface area contributed by atoms with Gasteiger partial charge in [-0.1, -0.05) is 19.9 Å². The summed E-state index contributed by atoms with van der Waals surface area (Å²) in [5.74, 6) is -0.272. The normalized spacial score (nSPS) is 15.6. The van der Waals surface area contributed by atoms with Gasteiger partial charge in [-0.2, -0.15) is 0 Å². The first-order chi connectivity index (χ1) is 7.06. The van der Waals surface area contributed by atoms with E-state index in [1.54, 1.807) is 13.0 Å². The van der Waals surface area contributed by atoms with E-state index in [1.165, 1.54) is 6.08 Å². The Morgan fingerprint density at radius 3 is 2.40 bits per heavy atom. The van der Waals surface area contributed by atoms with Gasteiger partial charge in [-0.25, -0.2) is 4.79 Å². The Kier molecular flexibility index (Phi) is 7.05. The van der Waals surface area contributed by atoms with E-state index in [4.69, 9.17) is 4.74 Å². The lowest BCUT2D eigenvalue weighted by Crippen LogP contribution is -2.42. The highest BCUT2D eigenvalue weighted by Crippen LogP contribution is 2.09. The molecule has 2 unspecified atom stereocenters. The van der Waals surface area contributed by atoms with Crippen molar-refractivity contribution < 1.29 is 9.53 Å². The average Bonchev–Trinajstić information content (AvgIpc) is 2.18. The number of esters is 1. The number of carbonyl (C=O) groups is 1. The van der Waals surface area contributed by atoms with Crippen LogP contribution in [0.3, 0.4) is 0 Å². The highest BCUT2D eigenvalue weighted by molar-refractivity contribution is 5.81. The smallest absolute Gasteiger partial charge is 0.331 e. The fraction of sp³-hybridized carbons (Fsp3) is 0.750. The highest BCUT2D eigenvalue weighted by atomic mass is 16.6. The van der Waals surface area contributed by atoms with Crippen LogP contribution >= 0.6 is 0 Å². The molecule has 2 atom stereocenters. The summed E-state index contributed by atoms with van der Waals surface area (Å²) in [7, 11) is 0. The van der Waals surface area contributed by atoms with E-state index in [0.717, 1.165) is 13.0 Å². The summed E-state index contributed by atoms with van der Waals surface area (Å²) < 4.78 is 5.27. The van der Waals surface area contributed by atoms with E-state index in [1.807, 2.05) is 6.92 Å². The molecule has 0 aliphatic rings. The minimum atomic E-state index is -0.272. The summed E-state index contributed by atoms with van der Waals surface area (Å²) in [4.78, 5) is 13.4. The maximum Gasteiger partial charge on any atom is 0.331 e. The van der Waals surface area contributed by atoms with E-state index < -0.39 is 0 Å². The van der Waals surface area contributed by atoms with Crippen LogP contribution in [0.5, 0.6) is 0 Å². The second kappa shape index (κ2) is 7.46. The molecule has 0 aromatic rings. The molecule has 0 spiro atoms. The van der Waals surface area contributed by atoms with Gasteiger partial charge in [-0.3, -0.25) is 4.90 Å². The fourth-order valence-electron chi connectivity index (χ4n) is 1.57. The summed E-state index contributed by atoms with van der Waals surface area (Å²) >= 11 is 0. The molecule has 3 nitrogen and oxygen atoms in total. The molecule has 0 N–H and O–H groups in total. The molecule has 0 aliphatic carbocycles. The monoisotopic (exact) mass is 213 g/mol. The lowest BCUT2D eigenvalue weighted by atomic mass is 10.2. The van der Waals surface area contributed by atoms with Gasteiger partial charge >= 0.3 is 5.97 Å². The van der Waals surface area contributed by atoms with Gasteiger partial charge in [-0.05, 0) is 33.7 Å². The number of hydrogen-bond acceptors (Lipinski definition) is 3. The van der Waals surface area contributed by atoms with Crippen molar-refractivity contribution in [3.63, 3.8) is 0 Å². The third kappa shape index (κ3) is 4.98. The predicted octanol–water partition coefficient (Wildman–Crippen LogP) is 2.57. The summed E-state index contributed by atoms with van der Waals surface area (Å²) in [5.41, 5.74) is 0. The van der Waals surface area contributed by atoms with Crippen molar-refractivity contribution in [1.82, 2.24) is 4.90 Å². The standard InChI is InChI=1S/C12H23NO2/c1-6-9-12(14)15-11(5)13(8-3)10(4)7-2/h6,9-11H,7-8H2,1-5H3/b9-6-. The quantitative estimate of drug-likeness (QED) is 0.386. The molecule has 0 heterocycles. The zero-order chi connectivity index (χ0) is 11.8. The molecule has 0 fully saturated rings. The minimum Gasteiger partial charge on any atom is -0.443 e. The first-order valence-corrected chi connectivity index (χ1v) is 5.65. The van der Waals surface area contributed by atoms with E-state index in [9.17, 15) is 4.79 Å². The Bertz CT molecular complexity index is 214. The Morgan fingerprint density at radius 2 is 2.00 bits per heavy atom. The number of hydrogen-bond donors (Lipinski definition) is 0. The van der Waals surface area contributed by atoms with Gasteiger partial charge in [0.1, 0.15) is 0 Å². The van der Waals surface area contributed by atoms with Crippen LogP contribution in [-0.4, -0.2) is 29.7 Å². The van der Waals surface area contributed by atoms with Crippen LogP contribution in [0.1, 0.15) is 41.0 Å². The molecule has 0 aliphatic heterocycles. The van der Waals surface area contributed by atoms with E-state index >= 15 is 0 Å². The first-order valence-electron chi connectivity index (χ1n) is 5.65. The van der Waals surface area contributed by atoms with Gasteiger partial charge in [0.05, 0.1) is 0 Å². The SMILES string of the molecule is C/C=C\C(=O)OC(C)N(CC)C(C)CC. The van der Waals surface area contributed by atoms with E-state index in [2.05, 4.69) is 25.7 Å². The lowest BCUT2D eigenvalue weighted by Gasteiger charge is -2.32. The topological polar surface area (TPSA) is 29.5 Å². The van der Waals surface area contributed by atoms with Gasteiger partial charge in [0.25, 0.3) is 0 Å². The Labute approximate surface area is 93.1 Å². The van der Waals surface area contributed by atoms with E-state index in [0.29, 0.717) is 6.04 Å². The number of nitrogens with zero attached hydrogens (tertiary/aromatic N) is 1.